The Kier molecular flexibility index (Phi) is 4.73. The lowest BCUT2D eigenvalue weighted by atomic mass is 9.66. The normalized spacial score (nSPS) is 25.1. The monoisotopic (exact) mass is 366 g/mol. The van der Waals surface area contributed by atoms with Gasteiger partial charge in [-0.3, -0.25) is 4.79 Å². The molecule has 1 aliphatic carbocycles. The van der Waals surface area contributed by atoms with Gasteiger partial charge in [-0.2, -0.15) is 0 Å². The van der Waals surface area contributed by atoms with Crippen LogP contribution in [0.25, 0.3) is 11.1 Å². The summed E-state index contributed by atoms with van der Waals surface area (Å²) in [6.45, 7) is 4.26. The van der Waals surface area contributed by atoms with Crippen molar-refractivity contribution in [3.05, 3.63) is 58.5 Å². The smallest absolute Gasteiger partial charge is 0.251 e. The van der Waals surface area contributed by atoms with Gasteiger partial charge in [-0.1, -0.05) is 43.2 Å². The molecule has 144 valence electrons. The van der Waals surface area contributed by atoms with Gasteiger partial charge in [0.1, 0.15) is 0 Å². The van der Waals surface area contributed by atoms with E-state index in [2.05, 4.69) is 11.9 Å². The van der Waals surface area contributed by atoms with E-state index in [1.165, 1.54) is 12.8 Å². The van der Waals surface area contributed by atoms with Crippen LogP contribution in [0.5, 0.6) is 0 Å². The molecule has 0 amide bonds. The summed E-state index contributed by atoms with van der Waals surface area (Å²) in [6, 6.07) is 11.8. The zero-order valence-electron chi connectivity index (χ0n) is 16.4. The van der Waals surface area contributed by atoms with E-state index in [9.17, 15) is 9.90 Å². The fourth-order valence-corrected chi connectivity index (χ4v) is 5.33. The molecule has 1 saturated carbocycles. The Balaban J connectivity index is 1.68. The van der Waals surface area contributed by atoms with E-state index in [1.54, 1.807) is 10.6 Å². The Hall–Kier alpha value is -1.91. The number of pyridine rings is 1. The molecule has 0 bridgehead atoms. The van der Waals surface area contributed by atoms with Gasteiger partial charge in [0.2, 0.25) is 0 Å². The maximum atomic E-state index is 12.9. The number of hydrogen-bond donors (Lipinski definition) is 1. The number of aromatic nitrogens is 1. The molecule has 1 aromatic heterocycles. The van der Waals surface area contributed by atoms with Gasteiger partial charge in [0.15, 0.2) is 0 Å². The highest BCUT2D eigenvalue weighted by Gasteiger charge is 2.54. The number of aliphatic hydroxyl groups is 1. The summed E-state index contributed by atoms with van der Waals surface area (Å²) in [6.07, 6.45) is 7.14. The summed E-state index contributed by atoms with van der Waals surface area (Å²) in [5, 5.41) is 11.7. The minimum atomic E-state index is -0.805. The van der Waals surface area contributed by atoms with Crippen LogP contribution in [0.3, 0.4) is 0 Å². The van der Waals surface area contributed by atoms with Gasteiger partial charge < -0.3 is 14.6 Å². The highest BCUT2D eigenvalue weighted by atomic mass is 16.3. The number of benzene rings is 1. The topological polar surface area (TPSA) is 45.5 Å². The minimum Gasteiger partial charge on any atom is -0.387 e. The predicted octanol–water partition coefficient (Wildman–Crippen LogP) is 3.45. The van der Waals surface area contributed by atoms with Crippen LogP contribution in [0.2, 0.25) is 0 Å². The van der Waals surface area contributed by atoms with Gasteiger partial charge in [0.05, 0.1) is 12.1 Å². The van der Waals surface area contributed by atoms with Gasteiger partial charge >= 0.3 is 0 Å². The van der Waals surface area contributed by atoms with Gasteiger partial charge in [0.25, 0.3) is 5.56 Å². The molecular formula is C23H30N2O2. The second-order valence-corrected chi connectivity index (χ2v) is 8.71. The molecule has 1 aromatic carbocycles. The quantitative estimate of drug-likeness (QED) is 0.905. The number of rotatable bonds is 3. The fourth-order valence-electron chi connectivity index (χ4n) is 5.33. The summed E-state index contributed by atoms with van der Waals surface area (Å²) in [7, 11) is 2.14. The highest BCUT2D eigenvalue weighted by molar-refractivity contribution is 5.66. The number of piperidine rings is 1. The third kappa shape index (κ3) is 3.26. The molecule has 1 aliphatic heterocycles. The Morgan fingerprint density at radius 3 is 2.52 bits per heavy atom. The lowest BCUT2D eigenvalue weighted by Gasteiger charge is -2.51. The molecule has 2 heterocycles. The third-order valence-electron chi connectivity index (χ3n) is 6.87. The van der Waals surface area contributed by atoms with Crippen molar-refractivity contribution in [2.45, 2.75) is 51.2 Å². The number of likely N-dealkylation sites (tertiary alicyclic amines) is 1. The molecule has 2 aromatic rings. The van der Waals surface area contributed by atoms with Crippen LogP contribution in [-0.4, -0.2) is 40.3 Å². The molecule has 1 unspecified atom stereocenters. The summed E-state index contributed by atoms with van der Waals surface area (Å²) in [5.41, 5.74) is 2.19. The van der Waals surface area contributed by atoms with E-state index in [4.69, 9.17) is 0 Å². The van der Waals surface area contributed by atoms with E-state index < -0.39 is 5.60 Å². The van der Waals surface area contributed by atoms with Crippen molar-refractivity contribution in [1.82, 2.24) is 9.47 Å². The third-order valence-corrected chi connectivity index (χ3v) is 6.87. The first-order chi connectivity index (χ1) is 12.9. The largest absolute Gasteiger partial charge is 0.387 e. The maximum Gasteiger partial charge on any atom is 0.251 e. The fraction of sp³-hybridized carbons (Fsp3) is 0.522. The SMILES string of the molecule is Cc1cn(CC2(O)CCN(C)CC23CCCC3)c(=O)cc1-c1ccccc1. The standard InChI is InChI=1S/C23H30N2O2/c1-18-15-25(21(26)14-20(18)19-8-4-3-5-9-19)17-23(27)12-13-24(2)16-22(23)10-6-7-11-22/h3-5,8-9,14-15,27H,6-7,10-13,16-17H2,1-2H3. The Morgan fingerprint density at radius 1 is 1.11 bits per heavy atom. The molecule has 1 saturated heterocycles. The van der Waals surface area contributed by atoms with Crippen molar-refractivity contribution >= 4 is 0 Å². The van der Waals surface area contributed by atoms with Crippen LogP contribution < -0.4 is 5.56 Å². The number of hydrogen-bond acceptors (Lipinski definition) is 3. The summed E-state index contributed by atoms with van der Waals surface area (Å²) in [4.78, 5) is 15.2. The molecule has 4 rings (SSSR count). The van der Waals surface area contributed by atoms with Gasteiger partial charge in [0, 0.05) is 30.8 Å². The van der Waals surface area contributed by atoms with Crippen LogP contribution in [-0.2, 0) is 6.54 Å². The van der Waals surface area contributed by atoms with Crippen LogP contribution in [0.4, 0.5) is 0 Å². The molecule has 0 radical (unpaired) electrons. The van der Waals surface area contributed by atoms with E-state index in [1.807, 2.05) is 43.5 Å². The Bertz CT molecular complexity index is 868. The molecular weight excluding hydrogens is 336 g/mol. The molecule has 2 aliphatic rings. The summed E-state index contributed by atoms with van der Waals surface area (Å²) < 4.78 is 1.74. The van der Waals surface area contributed by atoms with Crippen LogP contribution >= 0.6 is 0 Å². The van der Waals surface area contributed by atoms with Crippen molar-refractivity contribution in [3.63, 3.8) is 0 Å². The van der Waals surface area contributed by atoms with Crippen molar-refractivity contribution in [2.75, 3.05) is 20.1 Å². The zero-order chi connectivity index (χ0) is 19.1. The second kappa shape index (κ2) is 6.92. The van der Waals surface area contributed by atoms with E-state index in [-0.39, 0.29) is 11.0 Å². The highest BCUT2D eigenvalue weighted by Crippen LogP contribution is 2.51. The molecule has 4 heteroatoms. The Labute approximate surface area is 161 Å². The van der Waals surface area contributed by atoms with E-state index in [0.29, 0.717) is 6.54 Å². The molecule has 2 fully saturated rings. The van der Waals surface area contributed by atoms with Gasteiger partial charge in [-0.25, -0.2) is 0 Å². The number of aryl methyl sites for hydroxylation is 1. The van der Waals surface area contributed by atoms with Crippen molar-refractivity contribution in [2.24, 2.45) is 5.41 Å². The van der Waals surface area contributed by atoms with Crippen LogP contribution in [0.1, 0.15) is 37.7 Å². The lowest BCUT2D eigenvalue weighted by molar-refractivity contribution is -0.139. The van der Waals surface area contributed by atoms with E-state index >= 15 is 0 Å². The summed E-state index contributed by atoms with van der Waals surface area (Å²) >= 11 is 0. The van der Waals surface area contributed by atoms with Crippen LogP contribution in [0.15, 0.2) is 47.4 Å². The van der Waals surface area contributed by atoms with Crippen LogP contribution in [0, 0.1) is 12.3 Å². The van der Waals surface area contributed by atoms with Gasteiger partial charge in [-0.05, 0) is 49.9 Å². The molecule has 27 heavy (non-hydrogen) atoms. The Morgan fingerprint density at radius 2 is 1.81 bits per heavy atom. The molecule has 1 spiro atoms. The lowest BCUT2D eigenvalue weighted by Crippen LogP contribution is -2.60. The van der Waals surface area contributed by atoms with Crippen molar-refractivity contribution in [1.29, 1.82) is 0 Å². The van der Waals surface area contributed by atoms with Crippen molar-refractivity contribution < 1.29 is 5.11 Å². The molecule has 4 nitrogen and oxygen atoms in total. The van der Waals surface area contributed by atoms with E-state index in [0.717, 1.165) is 49.0 Å². The predicted molar refractivity (Wildman–Crippen MR) is 109 cm³/mol. The van der Waals surface area contributed by atoms with Crippen molar-refractivity contribution in [3.8, 4) is 11.1 Å². The first-order valence-corrected chi connectivity index (χ1v) is 10.1. The number of nitrogens with zero attached hydrogens (tertiary/aromatic N) is 2. The zero-order valence-corrected chi connectivity index (χ0v) is 16.4. The average Bonchev–Trinajstić information content (AvgIpc) is 3.12. The molecule has 1 N–H and O–H groups in total. The maximum absolute atomic E-state index is 12.9. The minimum absolute atomic E-state index is 0.0278. The first kappa shape index (κ1) is 18.5. The average molecular weight is 367 g/mol. The molecule has 1 atom stereocenters. The second-order valence-electron chi connectivity index (χ2n) is 8.71. The summed E-state index contributed by atoms with van der Waals surface area (Å²) in [5.74, 6) is 0. The van der Waals surface area contributed by atoms with Gasteiger partial charge in [-0.15, -0.1) is 0 Å². The first-order valence-electron chi connectivity index (χ1n) is 10.1.